The first-order chi connectivity index (χ1) is 8.88. The fourth-order valence-corrected chi connectivity index (χ4v) is 2.37. The lowest BCUT2D eigenvalue weighted by molar-refractivity contribution is -0.137. The number of carboxylic acids is 1. The van der Waals surface area contributed by atoms with Crippen LogP contribution in [0.4, 0.5) is 4.79 Å². The number of urea groups is 1. The van der Waals surface area contributed by atoms with Crippen LogP contribution in [0, 0.1) is 5.92 Å². The van der Waals surface area contributed by atoms with Gasteiger partial charge >= 0.3 is 12.0 Å². The number of amides is 2. The molecule has 0 aliphatic carbocycles. The van der Waals surface area contributed by atoms with Crippen LogP contribution < -0.4 is 5.32 Å². The smallest absolute Gasteiger partial charge is 0.323 e. The summed E-state index contributed by atoms with van der Waals surface area (Å²) >= 11 is 0. The summed E-state index contributed by atoms with van der Waals surface area (Å²) in [4.78, 5) is 26.5. The molecule has 0 saturated carbocycles. The van der Waals surface area contributed by atoms with Crippen molar-refractivity contribution in [3.63, 3.8) is 0 Å². The third kappa shape index (κ3) is 5.92. The van der Waals surface area contributed by atoms with Crippen LogP contribution in [0.3, 0.4) is 0 Å². The molecular weight excluding hydrogens is 246 g/mol. The molecule has 0 radical (unpaired) electrons. The number of carbonyl (C=O) groups is 2. The highest BCUT2D eigenvalue weighted by atomic mass is 16.4. The number of nitrogens with one attached hydrogen (secondary N) is 1. The van der Waals surface area contributed by atoms with Crippen LogP contribution >= 0.6 is 0 Å². The molecule has 0 aromatic heterocycles. The number of rotatable bonds is 5. The highest BCUT2D eigenvalue weighted by Crippen LogP contribution is 2.09. The Balaban J connectivity index is 2.52. The molecular formula is C13H25N3O3. The number of carboxylic acid groups (broad SMARTS) is 1. The van der Waals surface area contributed by atoms with Gasteiger partial charge in [0.05, 0.1) is 0 Å². The number of likely N-dealkylation sites (N-methyl/N-ethyl adjacent to an activating group) is 1. The van der Waals surface area contributed by atoms with Crippen LogP contribution in [0.5, 0.6) is 0 Å². The van der Waals surface area contributed by atoms with Gasteiger partial charge in [0.2, 0.25) is 0 Å². The second kappa shape index (κ2) is 7.33. The second-order valence-corrected chi connectivity index (χ2v) is 5.72. The molecule has 19 heavy (non-hydrogen) atoms. The van der Waals surface area contributed by atoms with Crippen molar-refractivity contribution in [2.75, 3.05) is 33.2 Å². The van der Waals surface area contributed by atoms with Gasteiger partial charge in [-0.25, -0.2) is 4.79 Å². The molecule has 0 aromatic rings. The van der Waals surface area contributed by atoms with Crippen LogP contribution in [-0.4, -0.2) is 66.2 Å². The normalized spacial score (nSPS) is 20.3. The molecule has 1 fully saturated rings. The molecule has 1 unspecified atom stereocenters. The second-order valence-electron chi connectivity index (χ2n) is 5.72. The Morgan fingerprint density at radius 3 is 2.68 bits per heavy atom. The van der Waals surface area contributed by atoms with E-state index >= 15 is 0 Å². The van der Waals surface area contributed by atoms with Gasteiger partial charge in [0, 0.05) is 19.1 Å². The van der Waals surface area contributed by atoms with E-state index in [0.717, 1.165) is 25.9 Å². The molecule has 1 saturated heterocycles. The molecule has 2 N–H and O–H groups in total. The lowest BCUT2D eigenvalue weighted by Crippen LogP contribution is -2.52. The van der Waals surface area contributed by atoms with Crippen LogP contribution in [0.15, 0.2) is 0 Å². The molecule has 1 rings (SSSR count). The highest BCUT2D eigenvalue weighted by molar-refractivity contribution is 5.80. The summed E-state index contributed by atoms with van der Waals surface area (Å²) in [6.45, 7) is 6.03. The molecule has 1 aliphatic rings. The Morgan fingerprint density at radius 1 is 1.47 bits per heavy atom. The predicted octanol–water partition coefficient (Wildman–Crippen LogP) is 0.833. The zero-order chi connectivity index (χ0) is 14.4. The molecule has 1 atom stereocenters. The Bertz CT molecular complexity index is 320. The van der Waals surface area contributed by atoms with Crippen molar-refractivity contribution in [3.05, 3.63) is 0 Å². The zero-order valence-electron chi connectivity index (χ0n) is 12.1. The molecule has 6 heteroatoms. The first-order valence-electron chi connectivity index (χ1n) is 6.84. The van der Waals surface area contributed by atoms with Gasteiger partial charge < -0.3 is 20.2 Å². The molecule has 1 aliphatic heterocycles. The summed E-state index contributed by atoms with van der Waals surface area (Å²) in [5, 5.41) is 11.8. The largest absolute Gasteiger partial charge is 0.480 e. The van der Waals surface area contributed by atoms with Gasteiger partial charge in [-0.15, -0.1) is 0 Å². The summed E-state index contributed by atoms with van der Waals surface area (Å²) in [5.41, 5.74) is 0. The van der Waals surface area contributed by atoms with Gasteiger partial charge in [-0.3, -0.25) is 4.79 Å². The number of carbonyl (C=O) groups excluding carboxylic acids is 1. The third-order valence-electron chi connectivity index (χ3n) is 3.15. The highest BCUT2D eigenvalue weighted by Gasteiger charge is 2.23. The summed E-state index contributed by atoms with van der Waals surface area (Å²) < 4.78 is 0. The standard InChI is InChI=1S/C13H25N3O3/c1-10(2)7-16(9-12(17)18)13(19)14-11-5-4-6-15(3)8-11/h10-11H,4-9H2,1-3H3,(H,14,19)(H,17,18). The van der Waals surface area contributed by atoms with E-state index in [9.17, 15) is 9.59 Å². The molecule has 0 spiro atoms. The van der Waals surface area contributed by atoms with Gasteiger partial charge in [-0.1, -0.05) is 13.8 Å². The fraction of sp³-hybridized carbons (Fsp3) is 0.846. The van der Waals surface area contributed by atoms with Crippen molar-refractivity contribution in [1.29, 1.82) is 0 Å². The Labute approximate surface area is 114 Å². The van der Waals surface area contributed by atoms with Crippen LogP contribution in [-0.2, 0) is 4.79 Å². The van der Waals surface area contributed by atoms with Crippen molar-refractivity contribution < 1.29 is 14.7 Å². The number of piperidine rings is 1. The minimum Gasteiger partial charge on any atom is -0.480 e. The van der Waals surface area contributed by atoms with Crippen molar-refractivity contribution in [2.45, 2.75) is 32.7 Å². The van der Waals surface area contributed by atoms with Gasteiger partial charge in [0.1, 0.15) is 6.54 Å². The van der Waals surface area contributed by atoms with E-state index in [0.29, 0.717) is 6.54 Å². The zero-order valence-corrected chi connectivity index (χ0v) is 12.1. The van der Waals surface area contributed by atoms with Crippen LogP contribution in [0.2, 0.25) is 0 Å². The average Bonchev–Trinajstić information content (AvgIpc) is 2.26. The molecule has 6 nitrogen and oxygen atoms in total. The number of likely N-dealkylation sites (tertiary alicyclic amines) is 1. The van der Waals surface area contributed by atoms with Crippen molar-refractivity contribution in [2.24, 2.45) is 5.92 Å². The van der Waals surface area contributed by atoms with Gasteiger partial charge in [-0.2, -0.15) is 0 Å². The number of nitrogens with zero attached hydrogens (tertiary/aromatic N) is 2. The SMILES string of the molecule is CC(C)CN(CC(=O)O)C(=O)NC1CCCN(C)C1. The summed E-state index contributed by atoms with van der Waals surface area (Å²) in [5.74, 6) is -0.726. The maximum Gasteiger partial charge on any atom is 0.323 e. The van der Waals surface area contributed by atoms with E-state index in [1.54, 1.807) is 0 Å². The third-order valence-corrected chi connectivity index (χ3v) is 3.15. The van der Waals surface area contributed by atoms with Gasteiger partial charge in [0.15, 0.2) is 0 Å². The fourth-order valence-electron chi connectivity index (χ4n) is 2.37. The molecule has 1 heterocycles. The van der Waals surface area contributed by atoms with Crippen molar-refractivity contribution in [3.8, 4) is 0 Å². The summed E-state index contributed by atoms with van der Waals surface area (Å²) in [7, 11) is 2.03. The van der Waals surface area contributed by atoms with E-state index in [4.69, 9.17) is 5.11 Å². The van der Waals surface area contributed by atoms with E-state index < -0.39 is 5.97 Å². The first kappa shape index (κ1) is 15.8. The molecule has 0 bridgehead atoms. The monoisotopic (exact) mass is 271 g/mol. The quantitative estimate of drug-likeness (QED) is 0.777. The first-order valence-corrected chi connectivity index (χ1v) is 6.84. The molecule has 0 aromatic carbocycles. The van der Waals surface area contributed by atoms with Crippen LogP contribution in [0.1, 0.15) is 26.7 Å². The minimum atomic E-state index is -0.975. The maximum absolute atomic E-state index is 12.1. The molecule has 110 valence electrons. The van der Waals surface area contributed by atoms with Crippen molar-refractivity contribution >= 4 is 12.0 Å². The Hall–Kier alpha value is -1.30. The summed E-state index contributed by atoms with van der Waals surface area (Å²) in [6.07, 6.45) is 2.02. The lowest BCUT2D eigenvalue weighted by atomic mass is 10.1. The molecule has 2 amide bonds. The van der Waals surface area contributed by atoms with E-state index in [1.165, 1.54) is 4.90 Å². The summed E-state index contributed by atoms with van der Waals surface area (Å²) in [6, 6.07) is -0.147. The Morgan fingerprint density at radius 2 is 2.16 bits per heavy atom. The van der Waals surface area contributed by atoms with E-state index in [2.05, 4.69) is 10.2 Å². The number of aliphatic carboxylic acids is 1. The van der Waals surface area contributed by atoms with Crippen molar-refractivity contribution in [1.82, 2.24) is 15.1 Å². The lowest BCUT2D eigenvalue weighted by Gasteiger charge is -2.32. The Kier molecular flexibility index (Phi) is 6.08. The maximum atomic E-state index is 12.1. The number of hydrogen-bond donors (Lipinski definition) is 2. The number of hydrogen-bond acceptors (Lipinski definition) is 3. The van der Waals surface area contributed by atoms with Gasteiger partial charge in [-0.05, 0) is 32.4 Å². The average molecular weight is 271 g/mol. The van der Waals surface area contributed by atoms with E-state index in [-0.39, 0.29) is 24.5 Å². The van der Waals surface area contributed by atoms with Gasteiger partial charge in [0.25, 0.3) is 0 Å². The van der Waals surface area contributed by atoms with E-state index in [1.807, 2.05) is 20.9 Å². The topological polar surface area (TPSA) is 72.9 Å². The minimum absolute atomic E-state index is 0.120. The predicted molar refractivity (Wildman–Crippen MR) is 73.1 cm³/mol. The van der Waals surface area contributed by atoms with Crippen LogP contribution in [0.25, 0.3) is 0 Å².